The van der Waals surface area contributed by atoms with Gasteiger partial charge in [0.05, 0.1) is 16.4 Å². The molecule has 0 bridgehead atoms. The normalized spacial score (nSPS) is 21.8. The first-order chi connectivity index (χ1) is 13.5. The number of alkyl halides is 3. The third-order valence-corrected chi connectivity index (χ3v) is 6.50. The molecule has 2 heterocycles. The molecule has 1 atom stereocenters. The van der Waals surface area contributed by atoms with E-state index in [2.05, 4.69) is 5.32 Å². The molecule has 1 N–H and O–H groups in total. The molecule has 2 saturated heterocycles. The highest BCUT2D eigenvalue weighted by Gasteiger charge is 2.47. The van der Waals surface area contributed by atoms with Crippen LogP contribution < -0.4 is 5.32 Å². The quantitative estimate of drug-likeness (QED) is 0.423. The average Bonchev–Trinajstić information content (AvgIpc) is 3.07. The van der Waals surface area contributed by atoms with Gasteiger partial charge < -0.3 is 10.1 Å². The maximum Gasteiger partial charge on any atom is 0.501 e. The minimum atomic E-state index is -5.69. The first kappa shape index (κ1) is 21.3. The van der Waals surface area contributed by atoms with E-state index in [1.165, 1.54) is 0 Å². The highest BCUT2D eigenvalue weighted by Crippen LogP contribution is 2.35. The lowest BCUT2D eigenvalue weighted by atomic mass is 10.0. The molecule has 2 fully saturated rings. The molecular weight excluding hydrogens is 419 g/mol. The zero-order valence-corrected chi connectivity index (χ0v) is 15.8. The van der Waals surface area contributed by atoms with Crippen LogP contribution in [-0.4, -0.2) is 61.5 Å². The van der Waals surface area contributed by atoms with Crippen molar-refractivity contribution < 1.29 is 36.0 Å². The van der Waals surface area contributed by atoms with Crippen LogP contribution in [0.4, 0.5) is 24.5 Å². The monoisotopic (exact) mass is 437 g/mol. The van der Waals surface area contributed by atoms with E-state index < -0.39 is 30.9 Å². The first-order valence-electron chi connectivity index (χ1n) is 8.77. The minimum absolute atomic E-state index is 0.0603. The Labute approximate surface area is 163 Å². The number of piperidine rings is 1. The van der Waals surface area contributed by atoms with Crippen molar-refractivity contribution >= 4 is 27.2 Å². The zero-order valence-electron chi connectivity index (χ0n) is 15.0. The highest BCUT2D eigenvalue weighted by molar-refractivity contribution is 7.92. The minimum Gasteiger partial charge on any atom is -0.464 e. The Morgan fingerprint density at radius 1 is 1.21 bits per heavy atom. The second kappa shape index (κ2) is 7.78. The van der Waals surface area contributed by atoms with Crippen molar-refractivity contribution in [3.63, 3.8) is 0 Å². The van der Waals surface area contributed by atoms with Crippen LogP contribution in [0.25, 0.3) is 0 Å². The van der Waals surface area contributed by atoms with E-state index in [9.17, 15) is 36.5 Å². The SMILES string of the molecule is O=C1OCCC1N1CCC(Nc2ccc(S(=O)(=O)C(F)(F)F)cc2[N+](=O)[O-])CC1. The molecule has 9 nitrogen and oxygen atoms in total. The number of anilines is 1. The molecule has 1 aromatic rings. The van der Waals surface area contributed by atoms with E-state index in [0.717, 1.165) is 6.07 Å². The number of carbonyl (C=O) groups excluding carboxylic acids is 1. The Morgan fingerprint density at radius 2 is 1.86 bits per heavy atom. The number of nitro groups is 1. The Balaban J connectivity index is 1.73. The topological polar surface area (TPSA) is 119 Å². The number of carbonyl (C=O) groups is 1. The molecule has 160 valence electrons. The van der Waals surface area contributed by atoms with Gasteiger partial charge in [0.25, 0.3) is 15.5 Å². The Morgan fingerprint density at radius 3 is 2.38 bits per heavy atom. The Hall–Kier alpha value is -2.41. The number of rotatable bonds is 5. The van der Waals surface area contributed by atoms with Gasteiger partial charge in [-0.3, -0.25) is 19.8 Å². The number of halogens is 3. The number of nitro benzene ring substituents is 1. The number of benzene rings is 1. The Bertz CT molecular complexity index is 913. The van der Waals surface area contributed by atoms with E-state index >= 15 is 0 Å². The molecule has 0 amide bonds. The van der Waals surface area contributed by atoms with Gasteiger partial charge in [0, 0.05) is 31.6 Å². The molecule has 0 spiro atoms. The average molecular weight is 437 g/mol. The summed E-state index contributed by atoms with van der Waals surface area (Å²) in [4.78, 5) is 22.8. The van der Waals surface area contributed by atoms with Gasteiger partial charge in [-0.25, -0.2) is 8.42 Å². The van der Waals surface area contributed by atoms with Gasteiger partial charge in [-0.1, -0.05) is 0 Å². The lowest BCUT2D eigenvalue weighted by molar-refractivity contribution is -0.384. The predicted molar refractivity (Wildman–Crippen MR) is 93.9 cm³/mol. The van der Waals surface area contributed by atoms with Crippen molar-refractivity contribution in [3.8, 4) is 0 Å². The fraction of sp³-hybridized carbons (Fsp3) is 0.562. The fourth-order valence-electron chi connectivity index (χ4n) is 3.48. The van der Waals surface area contributed by atoms with Gasteiger partial charge in [0.2, 0.25) is 0 Å². The summed E-state index contributed by atoms with van der Waals surface area (Å²) in [5.74, 6) is -0.270. The lowest BCUT2D eigenvalue weighted by Crippen LogP contribution is -2.46. The van der Waals surface area contributed by atoms with E-state index in [1.54, 1.807) is 0 Å². The number of nitrogens with zero attached hydrogens (tertiary/aromatic N) is 2. The molecule has 0 aliphatic carbocycles. The molecule has 0 saturated carbocycles. The van der Waals surface area contributed by atoms with Gasteiger partial charge in [0.1, 0.15) is 11.7 Å². The van der Waals surface area contributed by atoms with E-state index in [0.29, 0.717) is 51.1 Å². The van der Waals surface area contributed by atoms with Crippen LogP contribution in [0, 0.1) is 10.1 Å². The summed E-state index contributed by atoms with van der Waals surface area (Å²) in [6.07, 6.45) is 1.70. The number of cyclic esters (lactones) is 1. The zero-order chi connectivity index (χ0) is 21.4. The largest absolute Gasteiger partial charge is 0.501 e. The third-order valence-electron chi connectivity index (χ3n) is 5.02. The lowest BCUT2D eigenvalue weighted by Gasteiger charge is -2.34. The van der Waals surface area contributed by atoms with Crippen LogP contribution in [0.5, 0.6) is 0 Å². The third kappa shape index (κ3) is 4.29. The van der Waals surface area contributed by atoms with Crippen molar-refractivity contribution in [2.24, 2.45) is 0 Å². The summed E-state index contributed by atoms with van der Waals surface area (Å²) in [7, 11) is -5.69. The molecular formula is C16H18F3N3O6S. The Kier molecular flexibility index (Phi) is 5.72. The van der Waals surface area contributed by atoms with Crippen LogP contribution >= 0.6 is 0 Å². The number of esters is 1. The number of sulfone groups is 1. The summed E-state index contributed by atoms with van der Waals surface area (Å²) >= 11 is 0. The van der Waals surface area contributed by atoms with Crippen molar-refractivity contribution in [3.05, 3.63) is 28.3 Å². The summed E-state index contributed by atoms with van der Waals surface area (Å²) in [5.41, 5.74) is -6.36. The predicted octanol–water partition coefficient (Wildman–Crippen LogP) is 2.08. The van der Waals surface area contributed by atoms with Crippen molar-refractivity contribution in [2.45, 2.75) is 41.7 Å². The van der Waals surface area contributed by atoms with Crippen molar-refractivity contribution in [1.82, 2.24) is 4.90 Å². The molecule has 13 heteroatoms. The number of likely N-dealkylation sites (tertiary alicyclic amines) is 1. The number of hydrogen-bond donors (Lipinski definition) is 1. The maximum atomic E-state index is 12.7. The summed E-state index contributed by atoms with van der Waals surface area (Å²) < 4.78 is 66.1. The summed E-state index contributed by atoms with van der Waals surface area (Å²) in [5, 5.41) is 14.2. The summed E-state index contributed by atoms with van der Waals surface area (Å²) in [6, 6.07) is 1.57. The maximum absolute atomic E-state index is 12.7. The van der Waals surface area contributed by atoms with Crippen LogP contribution in [0.15, 0.2) is 23.1 Å². The molecule has 2 aliphatic rings. The second-order valence-corrected chi connectivity index (χ2v) is 8.75. The van der Waals surface area contributed by atoms with Crippen LogP contribution in [0.3, 0.4) is 0 Å². The van der Waals surface area contributed by atoms with E-state index in [-0.39, 0.29) is 23.7 Å². The van der Waals surface area contributed by atoms with Gasteiger partial charge >= 0.3 is 11.5 Å². The van der Waals surface area contributed by atoms with Crippen LogP contribution in [0.2, 0.25) is 0 Å². The first-order valence-corrected chi connectivity index (χ1v) is 10.3. The van der Waals surface area contributed by atoms with Crippen molar-refractivity contribution in [2.75, 3.05) is 25.0 Å². The van der Waals surface area contributed by atoms with Crippen LogP contribution in [-0.2, 0) is 19.4 Å². The molecule has 0 aromatic heterocycles. The standard InChI is InChI=1S/C16H18F3N3O6S/c17-16(18,19)29(26,27)11-1-2-12(14(9-11)22(24)25)20-10-3-6-21(7-4-10)13-5-8-28-15(13)23/h1-2,9-10,13,20H,3-8H2. The summed E-state index contributed by atoms with van der Waals surface area (Å²) in [6.45, 7) is 1.47. The van der Waals surface area contributed by atoms with E-state index in [4.69, 9.17) is 4.74 Å². The van der Waals surface area contributed by atoms with Crippen molar-refractivity contribution in [1.29, 1.82) is 0 Å². The molecule has 1 aromatic carbocycles. The smallest absolute Gasteiger partial charge is 0.464 e. The van der Waals surface area contributed by atoms with Crippen LogP contribution in [0.1, 0.15) is 19.3 Å². The number of hydrogen-bond acceptors (Lipinski definition) is 8. The molecule has 29 heavy (non-hydrogen) atoms. The van der Waals surface area contributed by atoms with Gasteiger partial charge in [0.15, 0.2) is 0 Å². The fourth-order valence-corrected chi connectivity index (χ4v) is 4.26. The molecule has 0 radical (unpaired) electrons. The highest BCUT2D eigenvalue weighted by atomic mass is 32.2. The molecule has 3 rings (SSSR count). The van der Waals surface area contributed by atoms with Gasteiger partial charge in [-0.05, 0) is 25.0 Å². The van der Waals surface area contributed by atoms with Gasteiger partial charge in [-0.15, -0.1) is 0 Å². The van der Waals surface area contributed by atoms with E-state index in [1.807, 2.05) is 4.90 Å². The number of ether oxygens (including phenoxy) is 1. The molecule has 2 aliphatic heterocycles. The molecule has 1 unspecified atom stereocenters. The van der Waals surface area contributed by atoms with Gasteiger partial charge in [-0.2, -0.15) is 13.2 Å². The number of nitrogens with one attached hydrogen (secondary N) is 1. The second-order valence-electron chi connectivity index (χ2n) is 6.81.